The van der Waals surface area contributed by atoms with Gasteiger partial charge < -0.3 is 14.5 Å². The molecule has 0 fully saturated rings. The topological polar surface area (TPSA) is 46.6 Å². The molecule has 5 nitrogen and oxygen atoms in total. The van der Waals surface area contributed by atoms with Crippen LogP contribution in [0.1, 0.15) is 22.9 Å². The molecule has 0 saturated heterocycles. The van der Waals surface area contributed by atoms with Crippen LogP contribution >= 0.6 is 0 Å². The van der Waals surface area contributed by atoms with Crippen molar-refractivity contribution < 1.29 is 0 Å². The van der Waals surface area contributed by atoms with Gasteiger partial charge in [0.25, 0.3) is 0 Å². The number of hydrogen-bond donors (Lipinski definition) is 1. The van der Waals surface area contributed by atoms with Crippen molar-refractivity contribution in [3.8, 4) is 11.4 Å². The minimum atomic E-state index is -0.283. The van der Waals surface area contributed by atoms with E-state index in [1.165, 1.54) is 54.4 Å². The molecule has 0 amide bonds. The van der Waals surface area contributed by atoms with E-state index in [1.54, 1.807) is 0 Å². The van der Waals surface area contributed by atoms with Crippen molar-refractivity contribution in [1.82, 2.24) is 14.5 Å². The maximum absolute atomic E-state index is 5.20. The zero-order chi connectivity index (χ0) is 35.6. The van der Waals surface area contributed by atoms with Gasteiger partial charge in [0.1, 0.15) is 12.0 Å². The van der Waals surface area contributed by atoms with Crippen molar-refractivity contribution in [2.75, 3.05) is 0 Å². The monoisotopic (exact) mass is 691 g/mol. The number of aliphatic imine (C=N–C) groups is 2. The first-order chi connectivity index (χ1) is 26.8. The minimum Gasteiger partial charge on any atom is -0.344 e. The highest BCUT2D eigenvalue weighted by atomic mass is 15.2. The van der Waals surface area contributed by atoms with Gasteiger partial charge in [-0.2, -0.15) is 0 Å². The van der Waals surface area contributed by atoms with Crippen molar-refractivity contribution in [3.63, 3.8) is 0 Å². The van der Waals surface area contributed by atoms with Crippen molar-refractivity contribution in [2.45, 2.75) is 6.17 Å². The number of aromatic nitrogens is 2. The Kier molecular flexibility index (Phi) is 6.85. The first-order valence-corrected chi connectivity index (χ1v) is 18.4. The average molecular weight is 692 g/mol. The molecule has 1 unspecified atom stereocenters. The van der Waals surface area contributed by atoms with E-state index < -0.39 is 0 Å². The summed E-state index contributed by atoms with van der Waals surface area (Å²) in [5.41, 5.74) is 10.1. The molecular weight excluding hydrogens is 659 g/mol. The largest absolute Gasteiger partial charge is 0.344 e. The molecule has 0 aliphatic carbocycles. The van der Waals surface area contributed by atoms with Gasteiger partial charge in [-0.15, -0.1) is 0 Å². The second-order valence-corrected chi connectivity index (χ2v) is 13.9. The molecule has 8 aromatic carbocycles. The molecule has 0 radical (unpaired) electrons. The molecule has 0 saturated carbocycles. The summed E-state index contributed by atoms with van der Waals surface area (Å²) in [6.07, 6.45) is -0.283. The van der Waals surface area contributed by atoms with Gasteiger partial charge in [0.15, 0.2) is 5.84 Å². The molecule has 0 spiro atoms. The van der Waals surface area contributed by atoms with E-state index in [4.69, 9.17) is 9.98 Å². The fourth-order valence-electron chi connectivity index (χ4n) is 8.19. The van der Waals surface area contributed by atoms with Gasteiger partial charge in [0.2, 0.25) is 0 Å². The van der Waals surface area contributed by atoms with Crippen LogP contribution in [0.15, 0.2) is 198 Å². The number of hydrogen-bond acceptors (Lipinski definition) is 3. The normalized spacial score (nSPS) is 14.5. The van der Waals surface area contributed by atoms with Gasteiger partial charge in [-0.25, -0.2) is 9.98 Å². The van der Waals surface area contributed by atoms with Crippen molar-refractivity contribution in [3.05, 3.63) is 205 Å². The Bertz CT molecular complexity index is 3110. The van der Waals surface area contributed by atoms with Crippen LogP contribution in [0.2, 0.25) is 0 Å². The number of amidine groups is 2. The lowest BCUT2D eigenvalue weighted by molar-refractivity contribution is 0.675. The highest BCUT2D eigenvalue weighted by Crippen LogP contribution is 2.39. The van der Waals surface area contributed by atoms with Crippen LogP contribution in [0.3, 0.4) is 0 Å². The van der Waals surface area contributed by atoms with Gasteiger partial charge in [0, 0.05) is 44.0 Å². The summed E-state index contributed by atoms with van der Waals surface area (Å²) >= 11 is 0. The zero-order valence-corrected chi connectivity index (χ0v) is 29.3. The van der Waals surface area contributed by atoms with Crippen LogP contribution in [0.25, 0.3) is 65.8 Å². The van der Waals surface area contributed by atoms with Crippen molar-refractivity contribution in [1.29, 1.82) is 0 Å². The average Bonchev–Trinajstić information content (AvgIpc) is 3.75. The summed E-state index contributed by atoms with van der Waals surface area (Å²) in [4.78, 5) is 10.3. The molecule has 1 N–H and O–H groups in total. The fraction of sp³-hybridized carbons (Fsp3) is 0.0204. The summed E-state index contributed by atoms with van der Waals surface area (Å²) in [7, 11) is 0. The van der Waals surface area contributed by atoms with Crippen molar-refractivity contribution in [2.24, 2.45) is 9.98 Å². The van der Waals surface area contributed by atoms with E-state index >= 15 is 0 Å². The van der Waals surface area contributed by atoms with Crippen LogP contribution in [0, 0.1) is 0 Å². The molecule has 1 atom stereocenters. The lowest BCUT2D eigenvalue weighted by atomic mass is 10.0. The third kappa shape index (κ3) is 4.86. The SMILES string of the molecule is c1ccc(C2=NC(c3ccc(-n4c5ccccc5c5cc6c(cc54)c4ccccc4n6-c4ccccc4)cc3)=NC(c3ccc4ccccc4c3)N2)cc1. The van der Waals surface area contributed by atoms with Crippen LogP contribution < -0.4 is 5.32 Å². The zero-order valence-electron chi connectivity index (χ0n) is 29.3. The smallest absolute Gasteiger partial charge is 0.159 e. The number of nitrogens with one attached hydrogen (secondary N) is 1. The Balaban J connectivity index is 1.06. The molecule has 54 heavy (non-hydrogen) atoms. The molecule has 5 heteroatoms. The number of benzene rings is 8. The lowest BCUT2D eigenvalue weighted by Crippen LogP contribution is -2.33. The van der Waals surface area contributed by atoms with Crippen LogP contribution in [0.5, 0.6) is 0 Å². The van der Waals surface area contributed by atoms with E-state index in [0.29, 0.717) is 5.84 Å². The summed E-state index contributed by atoms with van der Waals surface area (Å²) in [5, 5.41) is 10.9. The highest BCUT2D eigenvalue weighted by Gasteiger charge is 2.22. The van der Waals surface area contributed by atoms with Crippen LogP contribution in [0.4, 0.5) is 0 Å². The maximum atomic E-state index is 5.20. The fourth-order valence-corrected chi connectivity index (χ4v) is 8.19. The Morgan fingerprint density at radius 1 is 0.407 bits per heavy atom. The summed E-state index contributed by atoms with van der Waals surface area (Å²) in [5.74, 6) is 1.51. The van der Waals surface area contributed by atoms with Crippen LogP contribution in [-0.4, -0.2) is 20.8 Å². The Morgan fingerprint density at radius 3 is 1.63 bits per heavy atom. The first kappa shape index (κ1) is 30.4. The summed E-state index contributed by atoms with van der Waals surface area (Å²) in [6.45, 7) is 0. The first-order valence-electron chi connectivity index (χ1n) is 18.4. The van der Waals surface area contributed by atoms with E-state index in [0.717, 1.165) is 33.9 Å². The van der Waals surface area contributed by atoms with Gasteiger partial charge in [0.05, 0.1) is 22.1 Å². The second-order valence-electron chi connectivity index (χ2n) is 13.9. The second kappa shape index (κ2) is 12.2. The predicted molar refractivity (Wildman–Crippen MR) is 224 cm³/mol. The predicted octanol–water partition coefficient (Wildman–Crippen LogP) is 11.5. The molecule has 10 aromatic rings. The Hall–Kier alpha value is -7.24. The molecule has 3 heterocycles. The number of nitrogens with zero attached hydrogens (tertiary/aromatic N) is 4. The van der Waals surface area contributed by atoms with Gasteiger partial charge in [-0.1, -0.05) is 121 Å². The van der Waals surface area contributed by atoms with E-state index in [2.05, 4.69) is 184 Å². The van der Waals surface area contributed by atoms with Crippen LogP contribution in [-0.2, 0) is 0 Å². The quantitative estimate of drug-likeness (QED) is 0.192. The van der Waals surface area contributed by atoms with Gasteiger partial charge in [-0.05, 0) is 83.1 Å². The molecule has 254 valence electrons. The summed E-state index contributed by atoms with van der Waals surface area (Å²) < 4.78 is 4.78. The van der Waals surface area contributed by atoms with E-state index in [-0.39, 0.29) is 6.17 Å². The van der Waals surface area contributed by atoms with E-state index in [1.807, 2.05) is 18.2 Å². The third-order valence-corrected chi connectivity index (χ3v) is 10.7. The standard InChI is InChI=1S/C49H33N5/c1-3-14-33(15-4-1)47-50-48(52-49(51-47)36-24-23-32-13-7-8-16-35(32)29-36)34-25-27-38(28-26-34)54-44-22-12-10-20-40(44)42-30-45-41(31-46(42)54)39-19-9-11-21-43(39)53(45)37-17-5-2-6-18-37/h1-31,49H,(H,50,51,52). The molecule has 1 aliphatic heterocycles. The van der Waals surface area contributed by atoms with Crippen molar-refractivity contribution >= 4 is 66.1 Å². The highest BCUT2D eigenvalue weighted by molar-refractivity contribution is 6.19. The Morgan fingerprint density at radius 2 is 0.963 bits per heavy atom. The number of fused-ring (bicyclic) bond motifs is 7. The molecule has 1 aliphatic rings. The van der Waals surface area contributed by atoms with Gasteiger partial charge in [-0.3, -0.25) is 0 Å². The molecule has 0 bridgehead atoms. The van der Waals surface area contributed by atoms with E-state index in [9.17, 15) is 0 Å². The minimum absolute atomic E-state index is 0.283. The number of para-hydroxylation sites is 3. The lowest BCUT2D eigenvalue weighted by Gasteiger charge is -2.24. The summed E-state index contributed by atoms with van der Waals surface area (Å²) in [6, 6.07) is 66.9. The maximum Gasteiger partial charge on any atom is 0.159 e. The Labute approximate surface area is 311 Å². The number of rotatable bonds is 5. The molecule has 2 aromatic heterocycles. The molecular formula is C49H33N5. The third-order valence-electron chi connectivity index (χ3n) is 10.7. The van der Waals surface area contributed by atoms with Gasteiger partial charge >= 0.3 is 0 Å². The molecule has 11 rings (SSSR count).